The summed E-state index contributed by atoms with van der Waals surface area (Å²) in [5.41, 5.74) is -0.215. The molecule has 1 aliphatic carbocycles. The van der Waals surface area contributed by atoms with Crippen molar-refractivity contribution in [3.8, 4) is 17.0 Å². The number of pyridine rings is 1. The minimum atomic E-state index is -4.33. The molecular formula is C25H35ClF3N5O4S. The van der Waals surface area contributed by atoms with Gasteiger partial charge in [-0.3, -0.25) is 9.48 Å². The number of carbonyl (C=O) groups excluding carboxylic acids is 1. The van der Waals surface area contributed by atoms with Crippen LogP contribution in [0.15, 0.2) is 12.3 Å². The molecular weight excluding hydrogens is 559 g/mol. The van der Waals surface area contributed by atoms with Crippen molar-refractivity contribution in [2.24, 2.45) is 11.8 Å². The van der Waals surface area contributed by atoms with Crippen LogP contribution in [-0.2, 0) is 18.1 Å². The fraction of sp³-hybridized carbons (Fsp3) is 0.640. The summed E-state index contributed by atoms with van der Waals surface area (Å²) < 4.78 is 62.4. The highest BCUT2D eigenvalue weighted by atomic mass is 35.5. The molecule has 0 aliphatic heterocycles. The summed E-state index contributed by atoms with van der Waals surface area (Å²) >= 11 is 5.91. The maximum Gasteiger partial charge on any atom is 0.391 e. The number of hydrogen-bond acceptors (Lipinski definition) is 7. The second kappa shape index (κ2) is 14.1. The monoisotopic (exact) mass is 593 g/mol. The third-order valence-corrected chi connectivity index (χ3v) is 6.90. The highest BCUT2D eigenvalue weighted by Gasteiger charge is 2.37. The molecule has 218 valence electrons. The van der Waals surface area contributed by atoms with Crippen LogP contribution in [0.1, 0.15) is 70.3 Å². The number of rotatable bonds is 9. The van der Waals surface area contributed by atoms with Gasteiger partial charge >= 0.3 is 17.7 Å². The van der Waals surface area contributed by atoms with E-state index in [0.717, 1.165) is 18.8 Å². The summed E-state index contributed by atoms with van der Waals surface area (Å²) in [6, 6.07) is 1.51. The second-order valence-corrected chi connectivity index (χ2v) is 10.8. The van der Waals surface area contributed by atoms with E-state index in [2.05, 4.69) is 27.6 Å². The van der Waals surface area contributed by atoms with Crippen molar-refractivity contribution in [2.45, 2.75) is 78.1 Å². The van der Waals surface area contributed by atoms with E-state index in [9.17, 15) is 18.0 Å². The predicted octanol–water partition coefficient (Wildman–Crippen LogP) is 5.66. The molecule has 0 aromatic carbocycles. The Balaban J connectivity index is 0.00000170. The van der Waals surface area contributed by atoms with Crippen molar-refractivity contribution in [2.75, 3.05) is 19.0 Å². The Morgan fingerprint density at radius 2 is 1.85 bits per heavy atom. The summed E-state index contributed by atoms with van der Waals surface area (Å²) in [4.78, 5) is 17.2. The zero-order valence-electron chi connectivity index (χ0n) is 22.7. The maximum atomic E-state index is 12.9. The van der Waals surface area contributed by atoms with Crippen LogP contribution in [-0.4, -0.2) is 54.5 Å². The number of aryl methyl sites for hydroxylation is 1. The van der Waals surface area contributed by atoms with E-state index in [1.807, 2.05) is 6.92 Å². The van der Waals surface area contributed by atoms with Gasteiger partial charge in [-0.2, -0.15) is 26.7 Å². The van der Waals surface area contributed by atoms with Crippen LogP contribution in [0.25, 0.3) is 11.3 Å². The molecule has 9 nitrogen and oxygen atoms in total. The van der Waals surface area contributed by atoms with Gasteiger partial charge in [0.05, 0.1) is 29.8 Å². The number of nitrogens with one attached hydrogen (secondary N) is 2. The van der Waals surface area contributed by atoms with Gasteiger partial charge in [-0.15, -0.1) is 0 Å². The SMILES string of the molecule is CCn1nc(C(=O)NCC2CCC(C)CC2)c(Cl)c1-c1cnc(NC(C)(C)CC(F)(F)F)cc1OC.O=S=O. The maximum absolute atomic E-state index is 12.9. The molecule has 39 heavy (non-hydrogen) atoms. The number of alkyl halides is 3. The number of halogens is 4. The van der Waals surface area contributed by atoms with Gasteiger partial charge in [0.2, 0.25) is 0 Å². The van der Waals surface area contributed by atoms with E-state index in [0.29, 0.717) is 36.0 Å². The van der Waals surface area contributed by atoms with Crippen LogP contribution in [0.2, 0.25) is 5.02 Å². The first-order valence-corrected chi connectivity index (χ1v) is 13.6. The van der Waals surface area contributed by atoms with Crippen LogP contribution in [0.3, 0.4) is 0 Å². The third-order valence-electron chi connectivity index (χ3n) is 6.55. The zero-order valence-corrected chi connectivity index (χ0v) is 24.2. The topological polar surface area (TPSA) is 115 Å². The van der Waals surface area contributed by atoms with E-state index in [1.165, 1.54) is 46.1 Å². The highest BCUT2D eigenvalue weighted by molar-refractivity contribution is 7.51. The van der Waals surface area contributed by atoms with E-state index in [-0.39, 0.29) is 22.4 Å². The van der Waals surface area contributed by atoms with E-state index >= 15 is 0 Å². The Morgan fingerprint density at radius 1 is 1.23 bits per heavy atom. The molecule has 14 heteroatoms. The molecule has 1 amide bonds. The first kappa shape index (κ1) is 32.5. The lowest BCUT2D eigenvalue weighted by molar-refractivity contribution is -0.142. The lowest BCUT2D eigenvalue weighted by Gasteiger charge is -2.28. The average Bonchev–Trinajstić information content (AvgIpc) is 3.18. The summed E-state index contributed by atoms with van der Waals surface area (Å²) in [7, 11) is 1.45. The number of aromatic nitrogens is 3. The first-order valence-electron chi connectivity index (χ1n) is 12.6. The predicted molar refractivity (Wildman–Crippen MR) is 143 cm³/mol. The fourth-order valence-corrected chi connectivity index (χ4v) is 4.99. The lowest BCUT2D eigenvalue weighted by atomic mass is 9.83. The number of amides is 1. The molecule has 2 N–H and O–H groups in total. The fourth-order valence-electron chi connectivity index (χ4n) is 4.67. The zero-order chi connectivity index (χ0) is 29.4. The molecule has 3 rings (SSSR count). The molecule has 1 saturated carbocycles. The van der Waals surface area contributed by atoms with Gasteiger partial charge in [-0.25, -0.2) is 4.98 Å². The molecule has 0 saturated heterocycles. The van der Waals surface area contributed by atoms with E-state index in [4.69, 9.17) is 24.8 Å². The molecule has 0 unspecified atom stereocenters. The van der Waals surface area contributed by atoms with E-state index < -0.39 is 29.7 Å². The van der Waals surface area contributed by atoms with Gasteiger partial charge in [0.15, 0.2) is 5.69 Å². The van der Waals surface area contributed by atoms with Gasteiger partial charge in [0.1, 0.15) is 11.6 Å². The van der Waals surface area contributed by atoms with Crippen molar-refractivity contribution >= 4 is 34.9 Å². The lowest BCUT2D eigenvalue weighted by Crippen LogP contribution is -2.36. The molecule has 1 fully saturated rings. The molecule has 0 atom stereocenters. The Morgan fingerprint density at radius 3 is 2.38 bits per heavy atom. The Hall–Kier alpha value is -2.67. The van der Waals surface area contributed by atoms with Gasteiger partial charge < -0.3 is 15.4 Å². The van der Waals surface area contributed by atoms with Crippen LogP contribution in [0.5, 0.6) is 5.75 Å². The summed E-state index contributed by atoms with van der Waals surface area (Å²) in [6.45, 7) is 8.03. The molecule has 1 aliphatic rings. The third kappa shape index (κ3) is 9.48. The normalized spacial score (nSPS) is 17.6. The molecule has 2 heterocycles. The van der Waals surface area contributed by atoms with Gasteiger partial charge in [0.25, 0.3) is 5.91 Å². The largest absolute Gasteiger partial charge is 0.496 e. The number of anilines is 1. The van der Waals surface area contributed by atoms with Crippen LogP contribution < -0.4 is 15.4 Å². The van der Waals surface area contributed by atoms with Crippen molar-refractivity contribution in [3.05, 3.63) is 23.0 Å². The summed E-state index contributed by atoms with van der Waals surface area (Å²) in [6.07, 6.45) is 0.624. The standard InChI is InChI=1S/C25H35ClF3N5O2.O2S/c1-6-34-22(20(26)21(33-34)23(35)31-12-16-9-7-15(2)8-10-16)17-13-30-19(11-18(17)36-5)32-24(3,4)14-25(27,28)29;1-3-2/h11,13,15-16H,6-10,12,14H2,1-5H3,(H,30,32)(H,31,35);. The van der Waals surface area contributed by atoms with Crippen molar-refractivity contribution in [1.29, 1.82) is 0 Å². The minimum absolute atomic E-state index is 0.119. The molecule has 0 radical (unpaired) electrons. The molecule has 2 aromatic heterocycles. The number of methoxy groups -OCH3 is 1. The number of ether oxygens (including phenoxy) is 1. The van der Waals surface area contributed by atoms with Crippen molar-refractivity contribution < 1.29 is 31.1 Å². The van der Waals surface area contributed by atoms with Crippen molar-refractivity contribution in [3.63, 3.8) is 0 Å². The highest BCUT2D eigenvalue weighted by Crippen LogP contribution is 2.38. The van der Waals surface area contributed by atoms with Crippen LogP contribution in [0.4, 0.5) is 19.0 Å². The van der Waals surface area contributed by atoms with Gasteiger partial charge in [0, 0.05) is 30.9 Å². The quantitative estimate of drug-likeness (QED) is 0.386. The van der Waals surface area contributed by atoms with Crippen LogP contribution >= 0.6 is 11.6 Å². The number of nitrogens with zero attached hydrogens (tertiary/aromatic N) is 3. The Labute approximate surface area is 234 Å². The Kier molecular flexibility index (Phi) is 11.8. The second-order valence-electron chi connectivity index (χ2n) is 10.3. The van der Waals surface area contributed by atoms with Crippen molar-refractivity contribution in [1.82, 2.24) is 20.1 Å². The van der Waals surface area contributed by atoms with Gasteiger partial charge in [-0.1, -0.05) is 31.4 Å². The first-order chi connectivity index (χ1) is 18.2. The molecule has 0 spiro atoms. The Bertz CT molecular complexity index is 1160. The molecule has 0 bridgehead atoms. The number of carbonyl (C=O) groups is 1. The van der Waals surface area contributed by atoms with E-state index in [1.54, 1.807) is 4.68 Å². The van der Waals surface area contributed by atoms with Crippen LogP contribution in [0, 0.1) is 11.8 Å². The minimum Gasteiger partial charge on any atom is -0.496 e. The summed E-state index contributed by atoms with van der Waals surface area (Å²) in [5.74, 6) is 1.40. The average molecular weight is 594 g/mol. The van der Waals surface area contributed by atoms with Gasteiger partial charge in [-0.05, 0) is 45.4 Å². The summed E-state index contributed by atoms with van der Waals surface area (Å²) in [5, 5.41) is 10.4. The number of hydrogen-bond donors (Lipinski definition) is 2. The molecule has 2 aromatic rings. The smallest absolute Gasteiger partial charge is 0.391 e.